The van der Waals surface area contributed by atoms with Gasteiger partial charge in [-0.1, -0.05) is 31.5 Å². The molecule has 1 aromatic carbocycles. The average Bonchev–Trinajstić information content (AvgIpc) is 2.68. The molecule has 0 unspecified atom stereocenters. The summed E-state index contributed by atoms with van der Waals surface area (Å²) in [4.78, 5) is 19.4. The van der Waals surface area contributed by atoms with Crippen molar-refractivity contribution in [1.29, 1.82) is 5.26 Å². The van der Waals surface area contributed by atoms with Gasteiger partial charge in [-0.2, -0.15) is 5.26 Å². The molecule has 4 rings (SSSR count). The van der Waals surface area contributed by atoms with Crippen molar-refractivity contribution < 1.29 is 4.79 Å². The number of nitrogens with two attached hydrogens (primary N) is 1. The van der Waals surface area contributed by atoms with E-state index in [1.54, 1.807) is 24.5 Å². The first kappa shape index (κ1) is 19.2. The van der Waals surface area contributed by atoms with Crippen molar-refractivity contribution in [3.8, 4) is 6.07 Å². The Bertz CT molecular complexity index is 1080. The third-order valence-electron chi connectivity index (χ3n) is 5.48. The molecule has 6 heteroatoms. The van der Waals surface area contributed by atoms with Crippen LogP contribution >= 0.6 is 11.6 Å². The van der Waals surface area contributed by atoms with E-state index >= 15 is 0 Å². The van der Waals surface area contributed by atoms with Crippen LogP contribution in [-0.4, -0.2) is 10.8 Å². The van der Waals surface area contributed by atoms with E-state index in [2.05, 4.69) is 24.9 Å². The van der Waals surface area contributed by atoms with Crippen LogP contribution in [0.15, 0.2) is 71.5 Å². The van der Waals surface area contributed by atoms with Gasteiger partial charge >= 0.3 is 0 Å². The number of ketones is 1. The summed E-state index contributed by atoms with van der Waals surface area (Å²) in [5.41, 5.74) is 9.77. The summed E-state index contributed by atoms with van der Waals surface area (Å²) in [5.74, 6) is -0.118. The van der Waals surface area contributed by atoms with E-state index in [0.717, 1.165) is 16.9 Å². The van der Waals surface area contributed by atoms with Crippen LogP contribution in [0.25, 0.3) is 0 Å². The maximum absolute atomic E-state index is 13.3. The number of carbonyl (C=O) groups is 1. The first-order chi connectivity index (χ1) is 13.8. The zero-order valence-electron chi connectivity index (χ0n) is 16.3. The maximum Gasteiger partial charge on any atom is 0.162 e. The fourth-order valence-electron chi connectivity index (χ4n) is 4.27. The largest absolute Gasteiger partial charge is 0.384 e. The molecule has 2 heterocycles. The highest BCUT2D eigenvalue weighted by atomic mass is 35.5. The molecule has 0 radical (unpaired) electrons. The lowest BCUT2D eigenvalue weighted by Crippen LogP contribution is -2.42. The summed E-state index contributed by atoms with van der Waals surface area (Å²) in [7, 11) is 0. The van der Waals surface area contributed by atoms with Gasteiger partial charge in [0, 0.05) is 40.8 Å². The van der Waals surface area contributed by atoms with Crippen molar-refractivity contribution in [3.63, 3.8) is 0 Å². The normalized spacial score (nSPS) is 21.1. The molecule has 0 spiro atoms. The summed E-state index contributed by atoms with van der Waals surface area (Å²) < 4.78 is 0. The molecule has 1 atom stereocenters. The van der Waals surface area contributed by atoms with E-state index in [4.69, 9.17) is 17.3 Å². The van der Waals surface area contributed by atoms with E-state index in [9.17, 15) is 10.1 Å². The number of hydrogen-bond donors (Lipinski definition) is 1. The number of halogens is 1. The van der Waals surface area contributed by atoms with Gasteiger partial charge in [0.25, 0.3) is 0 Å². The van der Waals surface area contributed by atoms with Gasteiger partial charge in [0.15, 0.2) is 5.78 Å². The molecular weight excluding hydrogens is 384 g/mol. The molecule has 2 aliphatic rings. The van der Waals surface area contributed by atoms with Crippen LogP contribution in [0.3, 0.4) is 0 Å². The van der Waals surface area contributed by atoms with Crippen molar-refractivity contribution >= 4 is 23.1 Å². The molecule has 2 N–H and O–H groups in total. The van der Waals surface area contributed by atoms with Gasteiger partial charge in [0.1, 0.15) is 5.82 Å². The lowest BCUT2D eigenvalue weighted by molar-refractivity contribution is -0.118. The quantitative estimate of drug-likeness (QED) is 0.785. The smallest absolute Gasteiger partial charge is 0.162 e. The topological polar surface area (TPSA) is 83.0 Å². The maximum atomic E-state index is 13.3. The number of Topliss-reactive ketones (excluding diaryl/α,β-unsaturated/α-hetero) is 1. The summed E-state index contributed by atoms with van der Waals surface area (Å²) in [6.45, 7) is 4.15. The van der Waals surface area contributed by atoms with Gasteiger partial charge in [-0.15, -0.1) is 0 Å². The molecule has 2 aromatic rings. The molecule has 146 valence electrons. The number of rotatable bonds is 2. The first-order valence-corrected chi connectivity index (χ1v) is 9.82. The van der Waals surface area contributed by atoms with Crippen LogP contribution < -0.4 is 10.6 Å². The van der Waals surface area contributed by atoms with Crippen LogP contribution in [0, 0.1) is 16.7 Å². The van der Waals surface area contributed by atoms with Gasteiger partial charge in [0.05, 0.1) is 17.6 Å². The van der Waals surface area contributed by atoms with Crippen LogP contribution in [0.5, 0.6) is 0 Å². The SMILES string of the molecule is CC1(C)CC(=O)C2=C(C1)N(c1ccc(Cl)cc1)C(N)=C(C#N)[C@H]2c1cccnc1. The number of pyridine rings is 1. The Hall–Kier alpha value is -3.10. The molecule has 1 aliphatic heterocycles. The van der Waals surface area contributed by atoms with E-state index in [1.165, 1.54) is 0 Å². The minimum Gasteiger partial charge on any atom is -0.384 e. The number of benzene rings is 1. The van der Waals surface area contributed by atoms with E-state index in [0.29, 0.717) is 34.8 Å². The average molecular weight is 405 g/mol. The van der Waals surface area contributed by atoms with Gasteiger partial charge in [-0.05, 0) is 47.7 Å². The lowest BCUT2D eigenvalue weighted by Gasteiger charge is -2.43. The Morgan fingerprint density at radius 2 is 1.97 bits per heavy atom. The first-order valence-electron chi connectivity index (χ1n) is 9.44. The van der Waals surface area contributed by atoms with Crippen molar-refractivity contribution in [2.45, 2.75) is 32.6 Å². The summed E-state index contributed by atoms with van der Waals surface area (Å²) >= 11 is 6.06. The molecule has 1 aliphatic carbocycles. The molecule has 0 saturated heterocycles. The Kier molecular flexibility index (Phi) is 4.68. The highest BCUT2D eigenvalue weighted by Gasteiger charge is 2.44. The van der Waals surface area contributed by atoms with Gasteiger partial charge in [-0.25, -0.2) is 0 Å². The van der Waals surface area contributed by atoms with E-state index < -0.39 is 5.92 Å². The molecular formula is C23H21ClN4O. The fourth-order valence-corrected chi connectivity index (χ4v) is 4.40. The van der Waals surface area contributed by atoms with Gasteiger partial charge < -0.3 is 5.73 Å². The number of aromatic nitrogens is 1. The van der Waals surface area contributed by atoms with Crippen LogP contribution in [0.4, 0.5) is 5.69 Å². The Balaban J connectivity index is 1.99. The molecule has 1 aromatic heterocycles. The highest BCUT2D eigenvalue weighted by molar-refractivity contribution is 6.30. The van der Waals surface area contributed by atoms with E-state index in [1.807, 2.05) is 29.2 Å². The summed E-state index contributed by atoms with van der Waals surface area (Å²) in [6, 6.07) is 13.2. The number of allylic oxidation sites excluding steroid dienone is 3. The molecule has 0 saturated carbocycles. The Labute approximate surface area is 175 Å². The zero-order chi connectivity index (χ0) is 20.8. The fraction of sp³-hybridized carbons (Fsp3) is 0.261. The zero-order valence-corrected chi connectivity index (χ0v) is 17.1. The number of nitriles is 1. The van der Waals surface area contributed by atoms with Gasteiger partial charge in [0.2, 0.25) is 0 Å². The molecule has 29 heavy (non-hydrogen) atoms. The second kappa shape index (κ2) is 7.06. The van der Waals surface area contributed by atoms with Crippen LogP contribution in [-0.2, 0) is 4.79 Å². The van der Waals surface area contributed by atoms with Crippen molar-refractivity contribution in [3.05, 3.63) is 82.0 Å². The molecule has 0 amide bonds. The Morgan fingerprint density at radius 3 is 2.59 bits per heavy atom. The molecule has 5 nitrogen and oxygen atoms in total. The highest BCUT2D eigenvalue weighted by Crippen LogP contribution is 2.50. The van der Waals surface area contributed by atoms with Crippen molar-refractivity contribution in [2.24, 2.45) is 11.1 Å². The summed E-state index contributed by atoms with van der Waals surface area (Å²) in [6.07, 6.45) is 4.47. The predicted octanol–water partition coefficient (Wildman–Crippen LogP) is 4.68. The molecule has 0 bridgehead atoms. The van der Waals surface area contributed by atoms with Crippen molar-refractivity contribution in [2.75, 3.05) is 4.90 Å². The second-order valence-corrected chi connectivity index (χ2v) is 8.68. The third-order valence-corrected chi connectivity index (χ3v) is 5.74. The van der Waals surface area contributed by atoms with Crippen LogP contribution in [0.2, 0.25) is 5.02 Å². The third kappa shape index (κ3) is 3.30. The molecule has 0 fully saturated rings. The standard InChI is InChI=1S/C23H21ClN4O/c1-23(2)10-18-21(19(29)11-23)20(14-4-3-9-27-13-14)17(12-25)22(26)28(18)16-7-5-15(24)6-8-16/h3-9,13,20H,10-11,26H2,1-2H3/t20-/m1/s1. The number of nitrogens with zero attached hydrogens (tertiary/aromatic N) is 3. The number of hydrogen-bond acceptors (Lipinski definition) is 5. The monoisotopic (exact) mass is 404 g/mol. The number of anilines is 1. The lowest BCUT2D eigenvalue weighted by atomic mass is 9.68. The van der Waals surface area contributed by atoms with Gasteiger partial charge in [-0.3, -0.25) is 14.7 Å². The number of carbonyl (C=O) groups excluding carboxylic acids is 1. The van der Waals surface area contributed by atoms with E-state index in [-0.39, 0.29) is 11.2 Å². The summed E-state index contributed by atoms with van der Waals surface area (Å²) in [5, 5.41) is 10.6. The second-order valence-electron chi connectivity index (χ2n) is 8.24. The minimum atomic E-state index is -0.504. The Morgan fingerprint density at radius 1 is 1.24 bits per heavy atom. The minimum absolute atomic E-state index is 0.0457. The van der Waals surface area contributed by atoms with Crippen molar-refractivity contribution in [1.82, 2.24) is 4.98 Å². The predicted molar refractivity (Wildman–Crippen MR) is 113 cm³/mol. The van der Waals surface area contributed by atoms with Crippen LogP contribution in [0.1, 0.15) is 38.2 Å².